The number of anilines is 1. The molecule has 0 saturated carbocycles. The second-order valence-electron chi connectivity index (χ2n) is 6.46. The first-order valence-corrected chi connectivity index (χ1v) is 9.62. The number of nitrogens with one attached hydrogen (secondary N) is 2. The Kier molecular flexibility index (Phi) is 6.00. The lowest BCUT2D eigenvalue weighted by Crippen LogP contribution is -2.28. The van der Waals surface area contributed by atoms with E-state index in [2.05, 4.69) is 15.6 Å². The van der Waals surface area contributed by atoms with Crippen LogP contribution in [0.3, 0.4) is 0 Å². The van der Waals surface area contributed by atoms with Gasteiger partial charge in [-0.05, 0) is 25.3 Å². The molecule has 2 N–H and O–H groups in total. The average molecular weight is 373 g/mol. The number of thiazole rings is 1. The van der Waals surface area contributed by atoms with Crippen LogP contribution in [0.1, 0.15) is 38.3 Å². The highest BCUT2D eigenvalue weighted by molar-refractivity contribution is 7.14. The van der Waals surface area contributed by atoms with Gasteiger partial charge < -0.3 is 15.4 Å². The van der Waals surface area contributed by atoms with Crippen molar-refractivity contribution >= 4 is 28.3 Å². The van der Waals surface area contributed by atoms with Crippen molar-refractivity contribution in [1.82, 2.24) is 10.3 Å². The van der Waals surface area contributed by atoms with Crippen LogP contribution in [0.15, 0.2) is 29.6 Å². The zero-order valence-electron chi connectivity index (χ0n) is 15.0. The Morgan fingerprint density at radius 1 is 1.23 bits per heavy atom. The van der Waals surface area contributed by atoms with Crippen LogP contribution in [0.25, 0.3) is 11.3 Å². The summed E-state index contributed by atoms with van der Waals surface area (Å²) in [5.74, 6) is -0.0229. The predicted octanol–water partition coefficient (Wildman–Crippen LogP) is 3.37. The van der Waals surface area contributed by atoms with Crippen LogP contribution in [-0.2, 0) is 14.3 Å². The summed E-state index contributed by atoms with van der Waals surface area (Å²) in [6.45, 7) is 4.74. The second kappa shape index (κ2) is 8.42. The molecule has 2 aromatic rings. The van der Waals surface area contributed by atoms with E-state index in [0.717, 1.165) is 29.7 Å². The second-order valence-corrected chi connectivity index (χ2v) is 7.32. The molecule has 1 aromatic heterocycles. The van der Waals surface area contributed by atoms with Gasteiger partial charge in [-0.25, -0.2) is 4.98 Å². The lowest BCUT2D eigenvalue weighted by atomic mass is 10.00. The smallest absolute Gasteiger partial charge is 0.229 e. The van der Waals surface area contributed by atoms with Gasteiger partial charge in [0.05, 0.1) is 11.7 Å². The Bertz CT molecular complexity index is 767. The van der Waals surface area contributed by atoms with Crippen LogP contribution in [0.4, 0.5) is 5.13 Å². The molecule has 0 spiro atoms. The van der Waals surface area contributed by atoms with Gasteiger partial charge in [0.2, 0.25) is 11.8 Å². The summed E-state index contributed by atoms with van der Waals surface area (Å²) in [5.41, 5.74) is 2.84. The number of nitrogens with zero attached hydrogens (tertiary/aromatic N) is 1. The number of hydrogen-bond acceptors (Lipinski definition) is 5. The number of benzene rings is 1. The van der Waals surface area contributed by atoms with Gasteiger partial charge in [0, 0.05) is 37.0 Å². The number of hydrogen-bond donors (Lipinski definition) is 2. The molecule has 0 bridgehead atoms. The molecule has 26 heavy (non-hydrogen) atoms. The van der Waals surface area contributed by atoms with Crippen LogP contribution in [0.5, 0.6) is 0 Å². The van der Waals surface area contributed by atoms with Crippen molar-refractivity contribution in [3.63, 3.8) is 0 Å². The Morgan fingerprint density at radius 2 is 1.92 bits per heavy atom. The van der Waals surface area contributed by atoms with Gasteiger partial charge in [-0.1, -0.05) is 24.3 Å². The third kappa shape index (κ3) is 4.68. The molecule has 7 heteroatoms. The molecule has 1 aliphatic rings. The molecule has 3 rings (SSSR count). The summed E-state index contributed by atoms with van der Waals surface area (Å²) >= 11 is 1.42. The first-order chi connectivity index (χ1) is 12.5. The molecule has 1 saturated heterocycles. The maximum absolute atomic E-state index is 12.3. The van der Waals surface area contributed by atoms with Crippen LogP contribution < -0.4 is 10.6 Å². The lowest BCUT2D eigenvalue weighted by molar-refractivity contribution is -0.122. The number of rotatable bonds is 5. The highest BCUT2D eigenvalue weighted by atomic mass is 32.1. The molecular formula is C19H23N3O3S. The Labute approximate surface area is 157 Å². The third-order valence-electron chi connectivity index (χ3n) is 4.45. The van der Waals surface area contributed by atoms with Crippen molar-refractivity contribution in [2.45, 2.75) is 32.7 Å². The van der Waals surface area contributed by atoms with Gasteiger partial charge in [-0.15, -0.1) is 11.3 Å². The van der Waals surface area contributed by atoms with E-state index in [1.165, 1.54) is 18.3 Å². The number of carbonyl (C=O) groups excluding carboxylic acids is 2. The largest absolute Gasteiger partial charge is 0.381 e. The van der Waals surface area contributed by atoms with Gasteiger partial charge in [0.15, 0.2) is 5.13 Å². The molecule has 0 radical (unpaired) electrons. The molecule has 1 aliphatic heterocycles. The zero-order valence-corrected chi connectivity index (χ0v) is 15.8. The van der Waals surface area contributed by atoms with Crippen LogP contribution in [0, 0.1) is 5.92 Å². The van der Waals surface area contributed by atoms with Gasteiger partial charge in [-0.3, -0.25) is 9.59 Å². The molecule has 6 nitrogen and oxygen atoms in total. The van der Waals surface area contributed by atoms with E-state index in [9.17, 15) is 9.59 Å². The maximum atomic E-state index is 12.3. The minimum atomic E-state index is -0.0500. The number of carbonyl (C=O) groups is 2. The first-order valence-electron chi connectivity index (χ1n) is 8.74. The van der Waals surface area contributed by atoms with Crippen molar-refractivity contribution < 1.29 is 14.3 Å². The summed E-state index contributed by atoms with van der Waals surface area (Å²) in [6.07, 6.45) is 1.52. The molecule has 0 aliphatic carbocycles. The van der Waals surface area contributed by atoms with Gasteiger partial charge in [-0.2, -0.15) is 0 Å². The van der Waals surface area contributed by atoms with E-state index in [0.29, 0.717) is 18.3 Å². The molecular weight excluding hydrogens is 350 g/mol. The Hall–Kier alpha value is -2.25. The lowest BCUT2D eigenvalue weighted by Gasteiger charge is -2.20. The number of aromatic nitrogens is 1. The van der Waals surface area contributed by atoms with E-state index in [4.69, 9.17) is 4.74 Å². The van der Waals surface area contributed by atoms with Gasteiger partial charge in [0.1, 0.15) is 0 Å². The number of ether oxygens (including phenoxy) is 1. The minimum Gasteiger partial charge on any atom is -0.381 e. The van der Waals surface area contributed by atoms with Crippen LogP contribution >= 0.6 is 11.3 Å². The summed E-state index contributed by atoms with van der Waals surface area (Å²) < 4.78 is 5.29. The summed E-state index contributed by atoms with van der Waals surface area (Å²) in [6, 6.07) is 7.89. The Balaban J connectivity index is 1.63. The van der Waals surface area contributed by atoms with Crippen molar-refractivity contribution in [2.75, 3.05) is 18.5 Å². The molecule has 1 atom stereocenters. The summed E-state index contributed by atoms with van der Waals surface area (Å²) in [7, 11) is 0. The van der Waals surface area contributed by atoms with Gasteiger partial charge in [0.25, 0.3) is 0 Å². The van der Waals surface area contributed by atoms with Crippen LogP contribution in [-0.4, -0.2) is 30.0 Å². The third-order valence-corrected chi connectivity index (χ3v) is 5.21. The molecule has 2 amide bonds. The van der Waals surface area contributed by atoms with E-state index >= 15 is 0 Å². The molecule has 2 heterocycles. The van der Waals surface area contributed by atoms with E-state index < -0.39 is 0 Å². The summed E-state index contributed by atoms with van der Waals surface area (Å²) in [4.78, 5) is 28.0. The first kappa shape index (κ1) is 18.5. The highest BCUT2D eigenvalue weighted by Gasteiger charge is 2.22. The molecule has 1 aromatic carbocycles. The van der Waals surface area contributed by atoms with Gasteiger partial charge >= 0.3 is 0 Å². The fraction of sp³-hybridized carbons (Fsp3) is 0.421. The quantitative estimate of drug-likeness (QED) is 0.842. The topological polar surface area (TPSA) is 80.3 Å². The summed E-state index contributed by atoms with van der Waals surface area (Å²) in [5, 5.41) is 8.34. The van der Waals surface area contributed by atoms with Crippen molar-refractivity contribution in [3.05, 3.63) is 35.2 Å². The fourth-order valence-electron chi connectivity index (χ4n) is 2.96. The van der Waals surface area contributed by atoms with Crippen molar-refractivity contribution in [1.29, 1.82) is 0 Å². The molecule has 1 fully saturated rings. The number of amides is 2. The predicted molar refractivity (Wildman–Crippen MR) is 102 cm³/mol. The minimum absolute atomic E-state index is 0.00523. The zero-order chi connectivity index (χ0) is 18.5. The van der Waals surface area contributed by atoms with Crippen molar-refractivity contribution in [3.8, 4) is 11.3 Å². The SMILES string of the molecule is CC(=O)NC(C)c1ccc(-c2csc(NC(=O)C3CCOCC3)n2)cc1. The van der Waals surface area contributed by atoms with E-state index in [1.54, 1.807) is 0 Å². The fourth-order valence-corrected chi connectivity index (χ4v) is 3.68. The standard InChI is InChI=1S/C19H23N3O3S/c1-12(20-13(2)23)14-3-5-15(6-4-14)17-11-26-19(21-17)22-18(24)16-7-9-25-10-8-16/h3-6,11-12,16H,7-10H2,1-2H3,(H,20,23)(H,21,22,24). The molecule has 1 unspecified atom stereocenters. The van der Waals surface area contributed by atoms with E-state index in [1.807, 2.05) is 36.6 Å². The highest BCUT2D eigenvalue weighted by Crippen LogP contribution is 2.27. The van der Waals surface area contributed by atoms with Crippen LogP contribution in [0.2, 0.25) is 0 Å². The maximum Gasteiger partial charge on any atom is 0.229 e. The molecule has 138 valence electrons. The van der Waals surface area contributed by atoms with Crippen molar-refractivity contribution in [2.24, 2.45) is 5.92 Å². The Morgan fingerprint density at radius 3 is 2.58 bits per heavy atom. The average Bonchev–Trinajstić information content (AvgIpc) is 3.10. The normalized spacial score (nSPS) is 16.1. The van der Waals surface area contributed by atoms with E-state index in [-0.39, 0.29) is 23.8 Å². The monoisotopic (exact) mass is 373 g/mol.